The van der Waals surface area contributed by atoms with Crippen molar-refractivity contribution in [2.24, 2.45) is 0 Å². The van der Waals surface area contributed by atoms with E-state index in [4.69, 9.17) is 11.6 Å². The number of hydrogen-bond acceptors (Lipinski definition) is 4. The highest BCUT2D eigenvalue weighted by molar-refractivity contribution is 8.00. The average molecular weight is 402 g/mol. The van der Waals surface area contributed by atoms with Gasteiger partial charge in [0.1, 0.15) is 11.8 Å². The Morgan fingerprint density at radius 2 is 1.81 bits per heavy atom. The number of amides is 2. The van der Waals surface area contributed by atoms with Gasteiger partial charge in [-0.15, -0.1) is 11.8 Å². The highest BCUT2D eigenvalue weighted by Gasteiger charge is 2.36. The summed E-state index contributed by atoms with van der Waals surface area (Å²) in [6.07, 6.45) is 0. The predicted molar refractivity (Wildman–Crippen MR) is 108 cm³/mol. The Bertz CT molecular complexity index is 853. The number of piperazine rings is 1. The molecule has 1 saturated heterocycles. The Morgan fingerprint density at radius 1 is 1.11 bits per heavy atom. The summed E-state index contributed by atoms with van der Waals surface area (Å²) >= 11 is 7.52. The fourth-order valence-corrected chi connectivity index (χ4v) is 4.74. The molecule has 0 aliphatic carbocycles. The van der Waals surface area contributed by atoms with Crippen LogP contribution in [-0.2, 0) is 9.59 Å². The van der Waals surface area contributed by atoms with Gasteiger partial charge in [0.25, 0.3) is 0 Å². The van der Waals surface area contributed by atoms with Gasteiger partial charge in [0.2, 0.25) is 11.8 Å². The summed E-state index contributed by atoms with van der Waals surface area (Å²) in [6.45, 7) is 3.01. The van der Waals surface area contributed by atoms with Crippen molar-refractivity contribution in [1.29, 1.82) is 0 Å². The molecular formula is C20H20ClN3O2S. The van der Waals surface area contributed by atoms with Gasteiger partial charge >= 0.3 is 0 Å². The highest BCUT2D eigenvalue weighted by atomic mass is 35.5. The van der Waals surface area contributed by atoms with Gasteiger partial charge in [0.05, 0.1) is 5.69 Å². The lowest BCUT2D eigenvalue weighted by molar-refractivity contribution is -0.131. The van der Waals surface area contributed by atoms with Crippen LogP contribution in [0.3, 0.4) is 0 Å². The highest BCUT2D eigenvalue weighted by Crippen LogP contribution is 2.46. The number of nitrogens with zero attached hydrogens (tertiary/aromatic N) is 2. The van der Waals surface area contributed by atoms with Crippen LogP contribution in [-0.4, -0.2) is 49.4 Å². The molecule has 2 aliphatic heterocycles. The first kappa shape index (κ1) is 18.3. The molecule has 2 aromatic rings. The third-order valence-corrected chi connectivity index (χ3v) is 6.39. The van der Waals surface area contributed by atoms with Crippen molar-refractivity contribution >= 4 is 40.9 Å². The number of fused-ring (bicyclic) bond motifs is 1. The molecular weight excluding hydrogens is 382 g/mol. The summed E-state index contributed by atoms with van der Waals surface area (Å²) in [4.78, 5) is 30.5. The molecule has 0 aromatic heterocycles. The fourth-order valence-electron chi connectivity index (χ4n) is 3.38. The number of nitrogens with one attached hydrogen (secondary N) is 1. The van der Waals surface area contributed by atoms with E-state index in [2.05, 4.69) is 5.32 Å². The summed E-state index contributed by atoms with van der Waals surface area (Å²) in [5, 5.41) is 3.50. The van der Waals surface area contributed by atoms with E-state index in [1.165, 1.54) is 11.8 Å². The lowest BCUT2D eigenvalue weighted by Gasteiger charge is -2.35. The number of carbonyl (C=O) groups excluding carboxylic acids is 2. The van der Waals surface area contributed by atoms with Gasteiger partial charge in [-0.2, -0.15) is 0 Å². The third-order valence-electron chi connectivity index (χ3n) is 4.83. The minimum Gasteiger partial charge on any atom is -0.339 e. The van der Waals surface area contributed by atoms with Crippen LogP contribution in [0, 0.1) is 0 Å². The Hall–Kier alpha value is -2.02. The molecule has 0 bridgehead atoms. The molecule has 1 fully saturated rings. The largest absolute Gasteiger partial charge is 0.339 e. The lowest BCUT2D eigenvalue weighted by atomic mass is 10.1. The molecule has 2 amide bonds. The summed E-state index contributed by atoms with van der Waals surface area (Å²) in [6, 6.07) is 15.1. The van der Waals surface area contributed by atoms with E-state index < -0.39 is 0 Å². The topological polar surface area (TPSA) is 52.7 Å². The van der Waals surface area contributed by atoms with Crippen LogP contribution in [0.25, 0.3) is 0 Å². The number of anilines is 1. The molecule has 4 rings (SSSR count). The molecule has 1 unspecified atom stereocenters. The molecule has 0 spiro atoms. The van der Waals surface area contributed by atoms with Crippen molar-refractivity contribution in [3.8, 4) is 0 Å². The number of thioether (sulfide) groups is 1. The first-order valence-corrected chi connectivity index (χ1v) is 10.2. The van der Waals surface area contributed by atoms with E-state index in [-0.39, 0.29) is 23.6 Å². The molecule has 140 valence electrons. The van der Waals surface area contributed by atoms with Crippen molar-refractivity contribution in [2.75, 3.05) is 37.6 Å². The van der Waals surface area contributed by atoms with Gasteiger partial charge in [-0.25, -0.2) is 0 Å². The monoisotopic (exact) mass is 401 g/mol. The van der Waals surface area contributed by atoms with Crippen molar-refractivity contribution in [1.82, 2.24) is 10.2 Å². The van der Waals surface area contributed by atoms with Crippen LogP contribution in [0.15, 0.2) is 53.4 Å². The SMILES string of the molecule is O=C(CN1C(=O)C(c2ccc(Cl)cc2)Sc2ccccc21)N1CCNCC1. The summed E-state index contributed by atoms with van der Waals surface area (Å²) in [5.41, 5.74) is 1.70. The van der Waals surface area contributed by atoms with Crippen LogP contribution in [0.2, 0.25) is 5.02 Å². The van der Waals surface area contributed by atoms with E-state index in [0.29, 0.717) is 18.1 Å². The predicted octanol–water partition coefficient (Wildman–Crippen LogP) is 2.95. The molecule has 5 nitrogen and oxygen atoms in total. The Labute approximate surface area is 167 Å². The number of halogens is 1. The zero-order chi connectivity index (χ0) is 18.8. The summed E-state index contributed by atoms with van der Waals surface area (Å²) in [5.74, 6) is -0.0779. The molecule has 0 saturated carbocycles. The first-order chi connectivity index (χ1) is 13.1. The number of para-hydroxylation sites is 1. The van der Waals surface area contributed by atoms with Gasteiger partial charge in [-0.3, -0.25) is 9.59 Å². The summed E-state index contributed by atoms with van der Waals surface area (Å²) in [7, 11) is 0. The van der Waals surface area contributed by atoms with Crippen molar-refractivity contribution in [3.05, 3.63) is 59.1 Å². The van der Waals surface area contributed by atoms with E-state index in [9.17, 15) is 9.59 Å². The number of carbonyl (C=O) groups is 2. The molecule has 2 heterocycles. The third kappa shape index (κ3) is 3.83. The molecule has 7 heteroatoms. The van der Waals surface area contributed by atoms with Crippen LogP contribution >= 0.6 is 23.4 Å². The minimum absolute atomic E-state index is 0.0126. The first-order valence-electron chi connectivity index (χ1n) is 8.94. The Morgan fingerprint density at radius 3 is 2.56 bits per heavy atom. The number of benzene rings is 2. The molecule has 1 N–H and O–H groups in total. The molecule has 27 heavy (non-hydrogen) atoms. The second-order valence-corrected chi connectivity index (χ2v) is 8.16. The molecule has 0 radical (unpaired) electrons. The maximum Gasteiger partial charge on any atom is 0.245 e. The normalized spacial score (nSPS) is 19.7. The minimum atomic E-state index is -0.381. The van der Waals surface area contributed by atoms with Crippen LogP contribution < -0.4 is 10.2 Å². The van der Waals surface area contributed by atoms with Gasteiger partial charge < -0.3 is 15.1 Å². The fraction of sp³-hybridized carbons (Fsp3) is 0.300. The molecule has 1 atom stereocenters. The van der Waals surface area contributed by atoms with Crippen molar-refractivity contribution < 1.29 is 9.59 Å². The second kappa shape index (κ2) is 7.92. The zero-order valence-electron chi connectivity index (χ0n) is 14.7. The summed E-state index contributed by atoms with van der Waals surface area (Å²) < 4.78 is 0. The van der Waals surface area contributed by atoms with Gasteiger partial charge in [0, 0.05) is 36.1 Å². The Kier molecular flexibility index (Phi) is 5.38. The average Bonchev–Trinajstić information content (AvgIpc) is 2.71. The van der Waals surface area contributed by atoms with Crippen molar-refractivity contribution in [2.45, 2.75) is 10.1 Å². The van der Waals surface area contributed by atoms with Crippen LogP contribution in [0.1, 0.15) is 10.8 Å². The molecule has 2 aromatic carbocycles. The van der Waals surface area contributed by atoms with Gasteiger partial charge in [-0.1, -0.05) is 35.9 Å². The Balaban J connectivity index is 1.63. The van der Waals surface area contributed by atoms with E-state index in [1.54, 1.807) is 17.0 Å². The van der Waals surface area contributed by atoms with Crippen LogP contribution in [0.4, 0.5) is 5.69 Å². The number of rotatable bonds is 3. The quantitative estimate of drug-likeness (QED) is 0.859. The van der Waals surface area contributed by atoms with Gasteiger partial charge in [0.15, 0.2) is 0 Å². The maximum atomic E-state index is 13.3. The maximum absolute atomic E-state index is 13.3. The zero-order valence-corrected chi connectivity index (χ0v) is 16.3. The van der Waals surface area contributed by atoms with E-state index in [1.807, 2.05) is 41.3 Å². The van der Waals surface area contributed by atoms with Gasteiger partial charge in [-0.05, 0) is 29.8 Å². The van der Waals surface area contributed by atoms with Crippen LogP contribution in [0.5, 0.6) is 0 Å². The molecule has 2 aliphatic rings. The van der Waals surface area contributed by atoms with E-state index in [0.717, 1.165) is 29.2 Å². The number of hydrogen-bond donors (Lipinski definition) is 1. The second-order valence-electron chi connectivity index (χ2n) is 6.57. The standard InChI is InChI=1S/C20H20ClN3O2S/c21-15-7-5-14(6-8-15)19-20(26)24(16-3-1-2-4-17(16)27-19)13-18(25)23-11-9-22-10-12-23/h1-8,19,22H,9-13H2. The van der Waals surface area contributed by atoms with E-state index >= 15 is 0 Å². The smallest absolute Gasteiger partial charge is 0.245 e. The van der Waals surface area contributed by atoms with Crippen molar-refractivity contribution in [3.63, 3.8) is 0 Å². The lowest BCUT2D eigenvalue weighted by Crippen LogP contribution is -2.51.